The number of nitrogens with one attached hydrogen (secondary N) is 1. The smallest absolute Gasteiger partial charge is 0.243 e. The van der Waals surface area contributed by atoms with Crippen molar-refractivity contribution in [1.29, 1.82) is 0 Å². The minimum absolute atomic E-state index is 0.0941. The summed E-state index contributed by atoms with van der Waals surface area (Å²) in [7, 11) is -3.57. The first-order valence-corrected chi connectivity index (χ1v) is 16.3. The fourth-order valence-electron chi connectivity index (χ4n) is 4.89. The highest BCUT2D eigenvalue weighted by Gasteiger charge is 2.32. The molecular weight excluding hydrogens is 546 g/mol. The van der Waals surface area contributed by atoms with Crippen LogP contribution in [0.25, 0.3) is 0 Å². The van der Waals surface area contributed by atoms with Crippen molar-refractivity contribution in [1.82, 2.24) is 10.2 Å². The number of amides is 2. The Morgan fingerprint density at radius 1 is 0.857 bits per heavy atom. The fraction of sp³-hybridized carbons (Fsp3) is 0.412. The molecule has 3 aromatic rings. The molecule has 0 heterocycles. The van der Waals surface area contributed by atoms with Gasteiger partial charge in [-0.15, -0.1) is 0 Å². The highest BCUT2D eigenvalue weighted by molar-refractivity contribution is 7.92. The molecule has 7 nitrogen and oxygen atoms in total. The highest BCUT2D eigenvalue weighted by Crippen LogP contribution is 2.26. The van der Waals surface area contributed by atoms with Crippen LogP contribution in [-0.2, 0) is 32.6 Å². The van der Waals surface area contributed by atoms with E-state index in [2.05, 4.69) is 5.32 Å². The van der Waals surface area contributed by atoms with E-state index >= 15 is 0 Å². The lowest BCUT2D eigenvalue weighted by molar-refractivity contribution is -0.142. The number of hydrogen-bond acceptors (Lipinski definition) is 4. The first kappa shape index (κ1) is 32.9. The summed E-state index contributed by atoms with van der Waals surface area (Å²) in [6.07, 6.45) is 1.95. The van der Waals surface area contributed by atoms with Gasteiger partial charge in [0.15, 0.2) is 0 Å². The molecule has 0 aliphatic carbocycles. The minimum atomic E-state index is -3.57. The van der Waals surface area contributed by atoms with Gasteiger partial charge in [-0.3, -0.25) is 13.9 Å². The molecule has 0 fully saturated rings. The normalized spacial score (nSPS) is 12.5. The molecule has 0 bridgehead atoms. The Bertz CT molecular complexity index is 1460. The average Bonchev–Trinajstić information content (AvgIpc) is 2.90. The molecule has 0 unspecified atom stereocenters. The van der Waals surface area contributed by atoms with Gasteiger partial charge in [0.2, 0.25) is 21.8 Å². The molecule has 0 radical (unpaired) electrons. The topological polar surface area (TPSA) is 86.8 Å². The molecule has 0 aliphatic heterocycles. The number of sulfonamides is 1. The lowest BCUT2D eigenvalue weighted by atomic mass is 10.00. The average molecular weight is 592 g/mol. The van der Waals surface area contributed by atoms with Gasteiger partial charge >= 0.3 is 0 Å². The summed E-state index contributed by atoms with van der Waals surface area (Å²) in [5.74, 6) is -0.421. The highest BCUT2D eigenvalue weighted by atomic mass is 32.2. The first-order chi connectivity index (χ1) is 19.7. The van der Waals surface area contributed by atoms with Gasteiger partial charge in [0.25, 0.3) is 0 Å². The monoisotopic (exact) mass is 591 g/mol. The SMILES string of the molecule is Cc1ccc(CN(C(=O)CCCN(c2cccc(C)c2C)S(C)(=O)=O)[C@@H](Cc2ccccc2)C(=O)NC(C)(C)C)cc1. The Morgan fingerprint density at radius 3 is 2.10 bits per heavy atom. The molecule has 1 N–H and O–H groups in total. The standard InChI is InChI=1S/C34H45N3O4S/c1-25-18-20-29(21-19-25)24-36(31(33(39)35-34(4,5)6)23-28-14-9-8-10-15-28)32(38)17-12-22-37(42(7,40)41)30-16-11-13-26(2)27(30)3/h8-11,13-16,18-21,31H,12,17,22-24H2,1-7H3,(H,35,39)/t31-/m0/s1. The molecular formula is C34H45N3O4S. The summed E-state index contributed by atoms with van der Waals surface area (Å²) in [6, 6.07) is 22.5. The van der Waals surface area contributed by atoms with Crippen molar-refractivity contribution < 1.29 is 18.0 Å². The van der Waals surface area contributed by atoms with Crippen LogP contribution >= 0.6 is 0 Å². The van der Waals surface area contributed by atoms with E-state index in [9.17, 15) is 18.0 Å². The van der Waals surface area contributed by atoms with E-state index in [-0.39, 0.29) is 31.3 Å². The third kappa shape index (κ3) is 9.44. The summed E-state index contributed by atoms with van der Waals surface area (Å²) in [5, 5.41) is 3.08. The number of benzene rings is 3. The maximum Gasteiger partial charge on any atom is 0.243 e. The first-order valence-electron chi connectivity index (χ1n) is 14.4. The number of carbonyl (C=O) groups is 2. The molecule has 0 aliphatic rings. The zero-order valence-electron chi connectivity index (χ0n) is 26.0. The van der Waals surface area contributed by atoms with Crippen molar-refractivity contribution in [2.24, 2.45) is 0 Å². The fourth-order valence-corrected chi connectivity index (χ4v) is 5.90. The van der Waals surface area contributed by atoms with E-state index in [0.717, 1.165) is 27.8 Å². The van der Waals surface area contributed by atoms with Gasteiger partial charge in [0.1, 0.15) is 6.04 Å². The van der Waals surface area contributed by atoms with Crippen LogP contribution in [0, 0.1) is 20.8 Å². The predicted octanol–water partition coefficient (Wildman–Crippen LogP) is 5.71. The molecule has 226 valence electrons. The third-order valence-corrected chi connectivity index (χ3v) is 8.42. The number of aryl methyl sites for hydroxylation is 2. The molecule has 0 saturated carbocycles. The Morgan fingerprint density at radius 2 is 1.50 bits per heavy atom. The van der Waals surface area contributed by atoms with Crippen LogP contribution in [0.2, 0.25) is 0 Å². The molecule has 3 aromatic carbocycles. The minimum Gasteiger partial charge on any atom is -0.350 e. The number of hydrogen-bond donors (Lipinski definition) is 1. The van der Waals surface area contributed by atoms with E-state index in [0.29, 0.717) is 18.5 Å². The van der Waals surface area contributed by atoms with Crippen LogP contribution in [0.1, 0.15) is 61.4 Å². The third-order valence-electron chi connectivity index (χ3n) is 7.24. The maximum absolute atomic E-state index is 14.0. The molecule has 0 aromatic heterocycles. The second kappa shape index (κ2) is 14.0. The van der Waals surface area contributed by atoms with Gasteiger partial charge in [0, 0.05) is 31.5 Å². The number of rotatable bonds is 12. The van der Waals surface area contributed by atoms with Gasteiger partial charge in [-0.25, -0.2) is 8.42 Å². The lowest BCUT2D eigenvalue weighted by Gasteiger charge is -2.34. The second-order valence-corrected chi connectivity index (χ2v) is 14.0. The van der Waals surface area contributed by atoms with Crippen LogP contribution in [0.5, 0.6) is 0 Å². The van der Waals surface area contributed by atoms with Gasteiger partial charge in [-0.05, 0) is 76.3 Å². The van der Waals surface area contributed by atoms with Gasteiger partial charge < -0.3 is 10.2 Å². The van der Waals surface area contributed by atoms with Crippen molar-refractivity contribution in [2.45, 2.75) is 78.9 Å². The molecule has 1 atom stereocenters. The zero-order valence-corrected chi connectivity index (χ0v) is 26.8. The Hall–Kier alpha value is -3.65. The van der Waals surface area contributed by atoms with Crippen LogP contribution in [0.3, 0.4) is 0 Å². The van der Waals surface area contributed by atoms with E-state index < -0.39 is 21.6 Å². The van der Waals surface area contributed by atoms with Gasteiger partial charge in [0.05, 0.1) is 11.9 Å². The summed E-state index contributed by atoms with van der Waals surface area (Å²) in [4.78, 5) is 29.4. The summed E-state index contributed by atoms with van der Waals surface area (Å²) in [5.41, 5.74) is 5.00. The largest absolute Gasteiger partial charge is 0.350 e. The lowest BCUT2D eigenvalue weighted by Crippen LogP contribution is -2.54. The van der Waals surface area contributed by atoms with E-state index in [4.69, 9.17) is 0 Å². The van der Waals surface area contributed by atoms with E-state index in [1.165, 1.54) is 10.6 Å². The molecule has 3 rings (SSSR count). The van der Waals surface area contributed by atoms with Crippen LogP contribution < -0.4 is 9.62 Å². The number of carbonyl (C=O) groups excluding carboxylic acids is 2. The summed E-state index contributed by atoms with van der Waals surface area (Å²) >= 11 is 0. The Balaban J connectivity index is 1.92. The molecule has 0 spiro atoms. The second-order valence-electron chi connectivity index (χ2n) is 12.1. The van der Waals surface area contributed by atoms with Crippen molar-refractivity contribution >= 4 is 27.5 Å². The maximum atomic E-state index is 14.0. The Kier molecular flexibility index (Phi) is 11.0. The summed E-state index contributed by atoms with van der Waals surface area (Å²) < 4.78 is 26.9. The molecule has 42 heavy (non-hydrogen) atoms. The number of nitrogens with zero attached hydrogens (tertiary/aromatic N) is 2. The molecule has 0 saturated heterocycles. The summed E-state index contributed by atoms with van der Waals surface area (Å²) in [6.45, 7) is 12.0. The van der Waals surface area contributed by atoms with Crippen molar-refractivity contribution in [2.75, 3.05) is 17.1 Å². The molecule has 2 amide bonds. The van der Waals surface area contributed by atoms with Crippen LogP contribution in [-0.4, -0.2) is 49.5 Å². The van der Waals surface area contributed by atoms with Gasteiger partial charge in [-0.2, -0.15) is 0 Å². The van der Waals surface area contributed by atoms with Crippen LogP contribution in [0.4, 0.5) is 5.69 Å². The van der Waals surface area contributed by atoms with Crippen molar-refractivity contribution in [3.05, 3.63) is 101 Å². The zero-order chi connectivity index (χ0) is 31.1. The van der Waals surface area contributed by atoms with E-state index in [1.807, 2.05) is 108 Å². The molecule has 8 heteroatoms. The van der Waals surface area contributed by atoms with Crippen molar-refractivity contribution in [3.8, 4) is 0 Å². The number of anilines is 1. The van der Waals surface area contributed by atoms with Crippen LogP contribution in [0.15, 0.2) is 72.8 Å². The predicted molar refractivity (Wildman–Crippen MR) is 171 cm³/mol. The van der Waals surface area contributed by atoms with E-state index in [1.54, 1.807) is 11.0 Å². The Labute approximate surface area is 252 Å². The van der Waals surface area contributed by atoms with Crippen molar-refractivity contribution in [3.63, 3.8) is 0 Å². The quantitative estimate of drug-likeness (QED) is 0.292. The van der Waals surface area contributed by atoms with Gasteiger partial charge in [-0.1, -0.05) is 72.3 Å².